The van der Waals surface area contributed by atoms with Crippen LogP contribution in [0.5, 0.6) is 11.5 Å². The number of benzene rings is 1. The number of amides is 1. The second-order valence-corrected chi connectivity index (χ2v) is 9.16. The maximum absolute atomic E-state index is 12.6. The molecule has 0 bridgehead atoms. The molecular weight excluding hydrogens is 382 g/mol. The van der Waals surface area contributed by atoms with Crippen LogP contribution in [0.25, 0.3) is 0 Å². The van der Waals surface area contributed by atoms with Crippen molar-refractivity contribution in [2.24, 2.45) is 11.8 Å². The summed E-state index contributed by atoms with van der Waals surface area (Å²) in [4.78, 5) is 15.0. The van der Waals surface area contributed by atoms with Crippen LogP contribution in [0.1, 0.15) is 54.4 Å². The van der Waals surface area contributed by atoms with Crippen molar-refractivity contribution in [3.05, 3.63) is 41.3 Å². The van der Waals surface area contributed by atoms with E-state index < -0.39 is 0 Å². The van der Waals surface area contributed by atoms with E-state index in [0.29, 0.717) is 30.2 Å². The first kappa shape index (κ1) is 19.4. The molecule has 30 heavy (non-hydrogen) atoms. The van der Waals surface area contributed by atoms with Gasteiger partial charge in [-0.3, -0.25) is 4.79 Å². The number of likely N-dealkylation sites (tertiary alicyclic amines) is 1. The van der Waals surface area contributed by atoms with Gasteiger partial charge >= 0.3 is 0 Å². The number of nitrogens with one attached hydrogen (secondary N) is 1. The first-order chi connectivity index (χ1) is 14.5. The van der Waals surface area contributed by atoms with Crippen LogP contribution in [0.3, 0.4) is 0 Å². The summed E-state index contributed by atoms with van der Waals surface area (Å²) in [6, 6.07) is 8.14. The summed E-state index contributed by atoms with van der Waals surface area (Å²) in [5.74, 6) is 3.76. The standard InChI is InChI=1S/C23H29N3O4/c1-14(7-16-3-6-20-22(8-16)29-13-28-20)10-26-11-15(2)19(12-26)24-23(27)18-9-21(30-25-18)17-4-5-17/h3,6,8-9,14-15,17,19H,4-5,7,10-13H2,1-2H3,(H,24,27)/t14?,15-,19+/m1/s1. The molecule has 7 heteroatoms. The molecule has 3 heterocycles. The van der Waals surface area contributed by atoms with Gasteiger partial charge in [0.1, 0.15) is 5.76 Å². The molecule has 1 aromatic carbocycles. The van der Waals surface area contributed by atoms with E-state index in [9.17, 15) is 4.79 Å². The highest BCUT2D eigenvalue weighted by atomic mass is 16.7. The zero-order chi connectivity index (χ0) is 20.7. The largest absolute Gasteiger partial charge is 0.454 e. The Hall–Kier alpha value is -2.54. The number of fused-ring (bicyclic) bond motifs is 1. The maximum atomic E-state index is 12.6. The van der Waals surface area contributed by atoms with Gasteiger partial charge < -0.3 is 24.2 Å². The Kier molecular flexibility index (Phi) is 5.15. The van der Waals surface area contributed by atoms with Gasteiger partial charge in [0.2, 0.25) is 6.79 Å². The molecule has 7 nitrogen and oxygen atoms in total. The Balaban J connectivity index is 1.12. The Morgan fingerprint density at radius 2 is 2.07 bits per heavy atom. The smallest absolute Gasteiger partial charge is 0.273 e. The van der Waals surface area contributed by atoms with Crippen LogP contribution >= 0.6 is 0 Å². The zero-order valence-electron chi connectivity index (χ0n) is 17.6. The van der Waals surface area contributed by atoms with E-state index in [1.54, 1.807) is 6.07 Å². The summed E-state index contributed by atoms with van der Waals surface area (Å²) in [5, 5.41) is 7.13. The lowest BCUT2D eigenvalue weighted by Crippen LogP contribution is -2.40. The number of carbonyl (C=O) groups is 1. The molecule has 0 radical (unpaired) electrons. The SMILES string of the molecule is CC(Cc1ccc2c(c1)OCO2)CN1C[C@@H](C)[C@@H](NC(=O)c2cc(C3CC3)on2)C1. The molecule has 2 aliphatic heterocycles. The van der Waals surface area contributed by atoms with Gasteiger partial charge in [-0.2, -0.15) is 0 Å². The van der Waals surface area contributed by atoms with Crippen LogP contribution in [0, 0.1) is 11.8 Å². The van der Waals surface area contributed by atoms with Crippen molar-refractivity contribution < 1.29 is 18.8 Å². The van der Waals surface area contributed by atoms with Crippen molar-refractivity contribution in [3.8, 4) is 11.5 Å². The third-order valence-corrected chi connectivity index (χ3v) is 6.34. The fourth-order valence-electron chi connectivity index (χ4n) is 4.58. The van der Waals surface area contributed by atoms with E-state index in [0.717, 1.165) is 56.2 Å². The Morgan fingerprint density at radius 3 is 2.90 bits per heavy atom. The molecule has 1 aromatic heterocycles. The van der Waals surface area contributed by atoms with E-state index in [4.69, 9.17) is 14.0 Å². The molecule has 2 aromatic rings. The van der Waals surface area contributed by atoms with Crippen molar-refractivity contribution in [1.29, 1.82) is 0 Å². The minimum Gasteiger partial charge on any atom is -0.454 e. The molecule has 160 valence electrons. The molecule has 0 spiro atoms. The quantitative estimate of drug-likeness (QED) is 0.754. The van der Waals surface area contributed by atoms with E-state index in [-0.39, 0.29) is 11.9 Å². The van der Waals surface area contributed by atoms with Gasteiger partial charge in [0.25, 0.3) is 5.91 Å². The fraction of sp³-hybridized carbons (Fsp3) is 0.565. The first-order valence-electron chi connectivity index (χ1n) is 10.9. The van der Waals surface area contributed by atoms with Crippen LogP contribution in [-0.4, -0.2) is 48.4 Å². The summed E-state index contributed by atoms with van der Waals surface area (Å²) in [6.07, 6.45) is 3.26. The monoisotopic (exact) mass is 411 g/mol. The predicted molar refractivity (Wildman–Crippen MR) is 111 cm³/mol. The number of aromatic nitrogens is 1. The van der Waals surface area contributed by atoms with Crippen molar-refractivity contribution in [2.75, 3.05) is 26.4 Å². The summed E-state index contributed by atoms with van der Waals surface area (Å²) in [5.41, 5.74) is 1.67. The van der Waals surface area contributed by atoms with Gasteiger partial charge in [-0.15, -0.1) is 0 Å². The second kappa shape index (κ2) is 7.95. The van der Waals surface area contributed by atoms with Crippen molar-refractivity contribution >= 4 is 5.91 Å². The summed E-state index contributed by atoms with van der Waals surface area (Å²) < 4.78 is 16.2. The average molecular weight is 412 g/mol. The van der Waals surface area contributed by atoms with E-state index >= 15 is 0 Å². The molecule has 3 atom stereocenters. The highest BCUT2D eigenvalue weighted by molar-refractivity contribution is 5.92. The average Bonchev–Trinajstić information content (AvgIpc) is 3.11. The van der Waals surface area contributed by atoms with Crippen molar-refractivity contribution in [2.45, 2.75) is 45.1 Å². The van der Waals surface area contributed by atoms with Crippen molar-refractivity contribution in [1.82, 2.24) is 15.4 Å². The molecule has 2 fully saturated rings. The Morgan fingerprint density at radius 1 is 1.23 bits per heavy atom. The van der Waals surface area contributed by atoms with E-state index in [2.05, 4.69) is 41.4 Å². The number of carbonyl (C=O) groups excluding carboxylic acids is 1. The maximum Gasteiger partial charge on any atom is 0.273 e. The molecule has 5 rings (SSSR count). The van der Waals surface area contributed by atoms with E-state index in [1.165, 1.54) is 5.56 Å². The van der Waals surface area contributed by atoms with Gasteiger partial charge in [-0.25, -0.2) is 0 Å². The van der Waals surface area contributed by atoms with Gasteiger partial charge in [0.15, 0.2) is 17.2 Å². The van der Waals surface area contributed by atoms with Crippen LogP contribution in [0.2, 0.25) is 0 Å². The third kappa shape index (κ3) is 4.17. The van der Waals surface area contributed by atoms with E-state index in [1.807, 2.05) is 6.07 Å². The normalized spacial score (nSPS) is 24.2. The molecule has 1 aliphatic carbocycles. The van der Waals surface area contributed by atoms with Crippen molar-refractivity contribution in [3.63, 3.8) is 0 Å². The van der Waals surface area contributed by atoms with Crippen LogP contribution < -0.4 is 14.8 Å². The zero-order valence-corrected chi connectivity index (χ0v) is 17.6. The Labute approximate surface area is 176 Å². The van der Waals surface area contributed by atoms with Crippen LogP contribution in [-0.2, 0) is 6.42 Å². The Bertz CT molecular complexity index is 923. The third-order valence-electron chi connectivity index (χ3n) is 6.34. The lowest BCUT2D eigenvalue weighted by atomic mass is 10.0. The lowest BCUT2D eigenvalue weighted by Gasteiger charge is -2.21. The number of rotatable bonds is 7. The second-order valence-electron chi connectivity index (χ2n) is 9.16. The fourth-order valence-corrected chi connectivity index (χ4v) is 4.58. The minimum absolute atomic E-state index is 0.127. The highest BCUT2D eigenvalue weighted by Gasteiger charge is 2.33. The van der Waals surface area contributed by atoms with Gasteiger partial charge in [0, 0.05) is 37.7 Å². The molecule has 1 N–H and O–H groups in total. The van der Waals surface area contributed by atoms with Gasteiger partial charge in [-0.1, -0.05) is 25.1 Å². The predicted octanol–water partition coefficient (Wildman–Crippen LogP) is 3.21. The number of nitrogens with zero attached hydrogens (tertiary/aromatic N) is 2. The van der Waals surface area contributed by atoms with Crippen LogP contribution in [0.4, 0.5) is 0 Å². The number of hydrogen-bond donors (Lipinski definition) is 1. The highest BCUT2D eigenvalue weighted by Crippen LogP contribution is 2.40. The molecule has 1 saturated carbocycles. The topological polar surface area (TPSA) is 76.8 Å². The van der Waals surface area contributed by atoms with Crippen LogP contribution in [0.15, 0.2) is 28.8 Å². The summed E-state index contributed by atoms with van der Waals surface area (Å²) in [7, 11) is 0. The molecule has 3 aliphatic rings. The molecule has 1 unspecified atom stereocenters. The summed E-state index contributed by atoms with van der Waals surface area (Å²) in [6.45, 7) is 7.64. The lowest BCUT2D eigenvalue weighted by molar-refractivity contribution is 0.0922. The minimum atomic E-state index is -0.127. The number of ether oxygens (including phenoxy) is 2. The summed E-state index contributed by atoms with van der Waals surface area (Å²) >= 11 is 0. The molecule has 1 amide bonds. The molecular formula is C23H29N3O4. The first-order valence-corrected chi connectivity index (χ1v) is 10.9. The van der Waals surface area contributed by atoms with Gasteiger partial charge in [-0.05, 0) is 48.8 Å². The molecule has 1 saturated heterocycles. The van der Waals surface area contributed by atoms with Gasteiger partial charge in [0.05, 0.1) is 0 Å². The number of hydrogen-bond acceptors (Lipinski definition) is 6.